The van der Waals surface area contributed by atoms with Gasteiger partial charge in [-0.2, -0.15) is 0 Å². The maximum Gasteiger partial charge on any atom is 0.313 e. The van der Waals surface area contributed by atoms with E-state index in [1.807, 2.05) is 0 Å². The summed E-state index contributed by atoms with van der Waals surface area (Å²) in [4.78, 5) is 10.2. The van der Waals surface area contributed by atoms with Gasteiger partial charge < -0.3 is 15.4 Å². The predicted octanol–water partition coefficient (Wildman–Crippen LogP) is 2.29. The molecule has 0 amide bonds. The quantitative estimate of drug-likeness (QED) is 0.655. The summed E-state index contributed by atoms with van der Waals surface area (Å²) in [5.74, 6) is -0.579. The molecule has 7 heteroatoms. The van der Waals surface area contributed by atoms with Crippen LogP contribution in [0.15, 0.2) is 12.1 Å². The first-order chi connectivity index (χ1) is 9.51. The highest BCUT2D eigenvalue weighted by Gasteiger charge is 2.23. The van der Waals surface area contributed by atoms with E-state index < -0.39 is 10.7 Å². The van der Waals surface area contributed by atoms with Gasteiger partial charge in [0.2, 0.25) is 0 Å². The van der Waals surface area contributed by atoms with Crippen molar-refractivity contribution < 1.29 is 14.1 Å². The fourth-order valence-electron chi connectivity index (χ4n) is 2.44. The highest BCUT2D eigenvalue weighted by atomic mass is 19.1. The Morgan fingerprint density at radius 1 is 1.55 bits per heavy atom. The van der Waals surface area contributed by atoms with Gasteiger partial charge in [0, 0.05) is 18.2 Å². The van der Waals surface area contributed by atoms with Crippen molar-refractivity contribution in [1.29, 1.82) is 0 Å². The van der Waals surface area contributed by atoms with Gasteiger partial charge in [-0.15, -0.1) is 0 Å². The molecule has 1 saturated heterocycles. The van der Waals surface area contributed by atoms with Crippen LogP contribution in [-0.4, -0.2) is 30.7 Å². The van der Waals surface area contributed by atoms with Crippen LogP contribution in [0, 0.1) is 15.9 Å². The number of ether oxygens (including phenoxy) is 1. The summed E-state index contributed by atoms with van der Waals surface area (Å²) in [6, 6.07) is 2.75. The molecule has 0 aliphatic carbocycles. The third-order valence-electron chi connectivity index (χ3n) is 3.45. The van der Waals surface area contributed by atoms with Gasteiger partial charge in [0.05, 0.1) is 23.8 Å². The molecule has 1 heterocycles. The first-order valence-electron chi connectivity index (χ1n) is 6.53. The third kappa shape index (κ3) is 3.16. The number of nitro benzene ring substituents is 1. The smallest absolute Gasteiger partial charge is 0.313 e. The molecular weight excluding hydrogens is 265 g/mol. The van der Waals surface area contributed by atoms with Crippen LogP contribution >= 0.6 is 0 Å². The topological polar surface area (TPSA) is 76.4 Å². The molecule has 110 valence electrons. The summed E-state index contributed by atoms with van der Waals surface area (Å²) in [6.07, 6.45) is 1.75. The maximum absolute atomic E-state index is 13.9. The molecule has 1 aliphatic heterocycles. The number of anilines is 1. The second-order valence-electron chi connectivity index (χ2n) is 4.98. The van der Waals surface area contributed by atoms with Crippen LogP contribution in [0.3, 0.4) is 0 Å². The Bertz CT molecular complexity index is 510. The number of nitrogens with one attached hydrogen (secondary N) is 2. The number of piperidine rings is 1. The number of halogens is 1. The molecular formula is C13H18FN3O3. The molecule has 6 nitrogen and oxygen atoms in total. The van der Waals surface area contributed by atoms with E-state index >= 15 is 0 Å². The summed E-state index contributed by atoms with van der Waals surface area (Å²) in [5, 5.41) is 17.2. The lowest BCUT2D eigenvalue weighted by Crippen LogP contribution is -2.41. The Kier molecular flexibility index (Phi) is 4.39. The zero-order chi connectivity index (χ0) is 14.7. The minimum absolute atomic E-state index is 0.0564. The predicted molar refractivity (Wildman–Crippen MR) is 73.7 cm³/mol. The van der Waals surface area contributed by atoms with Crippen LogP contribution in [0.1, 0.15) is 19.8 Å². The van der Waals surface area contributed by atoms with Crippen molar-refractivity contribution in [2.24, 2.45) is 0 Å². The first kappa shape index (κ1) is 14.5. The lowest BCUT2D eigenvalue weighted by molar-refractivity contribution is -0.385. The number of nitrogens with zero attached hydrogens (tertiary/aromatic N) is 1. The van der Waals surface area contributed by atoms with Crippen LogP contribution in [0.25, 0.3) is 0 Å². The molecule has 1 aromatic carbocycles. The number of benzene rings is 1. The lowest BCUT2D eigenvalue weighted by atomic mass is 10.0. The summed E-state index contributed by atoms with van der Waals surface area (Å²) in [5.41, 5.74) is -0.124. The standard InChI is InChI=1S/C13H18FN3O3/c1-8-5-9(3-4-15-8)16-11-7-13(20-2)12(17(18)19)6-10(11)14/h6-9,15-16H,3-5H2,1-2H3. The van der Waals surface area contributed by atoms with E-state index in [1.165, 1.54) is 13.2 Å². The van der Waals surface area contributed by atoms with E-state index in [2.05, 4.69) is 17.6 Å². The van der Waals surface area contributed by atoms with Crippen molar-refractivity contribution in [3.63, 3.8) is 0 Å². The monoisotopic (exact) mass is 283 g/mol. The minimum atomic E-state index is -0.654. The number of rotatable bonds is 4. The minimum Gasteiger partial charge on any atom is -0.490 e. The van der Waals surface area contributed by atoms with Crippen LogP contribution in [0.2, 0.25) is 0 Å². The molecule has 1 fully saturated rings. The summed E-state index contributed by atoms with van der Waals surface area (Å²) in [6.45, 7) is 2.94. The molecule has 2 N–H and O–H groups in total. The Labute approximate surface area is 116 Å². The molecule has 0 aromatic heterocycles. The average molecular weight is 283 g/mol. The SMILES string of the molecule is COc1cc(NC2CCNC(C)C2)c(F)cc1[N+](=O)[O-]. The van der Waals surface area contributed by atoms with Crippen LogP contribution < -0.4 is 15.4 Å². The zero-order valence-electron chi connectivity index (χ0n) is 11.5. The van der Waals surface area contributed by atoms with Crippen LogP contribution in [0.4, 0.5) is 15.8 Å². The molecule has 1 aromatic rings. The Morgan fingerprint density at radius 2 is 2.30 bits per heavy atom. The van der Waals surface area contributed by atoms with Crippen molar-refractivity contribution in [2.75, 3.05) is 19.0 Å². The highest BCUT2D eigenvalue weighted by molar-refractivity contribution is 5.59. The largest absolute Gasteiger partial charge is 0.490 e. The zero-order valence-corrected chi connectivity index (χ0v) is 11.5. The second kappa shape index (κ2) is 6.04. The highest BCUT2D eigenvalue weighted by Crippen LogP contribution is 2.33. The molecule has 2 atom stereocenters. The van der Waals surface area contributed by atoms with Crippen molar-refractivity contribution >= 4 is 11.4 Å². The van der Waals surface area contributed by atoms with Gasteiger partial charge >= 0.3 is 5.69 Å². The number of methoxy groups -OCH3 is 1. The van der Waals surface area contributed by atoms with E-state index in [1.54, 1.807) is 0 Å². The molecule has 0 bridgehead atoms. The third-order valence-corrected chi connectivity index (χ3v) is 3.45. The van der Waals surface area contributed by atoms with Crippen LogP contribution in [-0.2, 0) is 0 Å². The molecule has 20 heavy (non-hydrogen) atoms. The van der Waals surface area contributed by atoms with Gasteiger partial charge in [-0.3, -0.25) is 10.1 Å². The Balaban J connectivity index is 2.21. The van der Waals surface area contributed by atoms with Gasteiger partial charge in [-0.1, -0.05) is 0 Å². The van der Waals surface area contributed by atoms with E-state index in [-0.39, 0.29) is 23.2 Å². The van der Waals surface area contributed by atoms with Gasteiger partial charge in [-0.25, -0.2) is 4.39 Å². The van der Waals surface area contributed by atoms with E-state index in [4.69, 9.17) is 4.74 Å². The van der Waals surface area contributed by atoms with Crippen LogP contribution in [0.5, 0.6) is 5.75 Å². The maximum atomic E-state index is 13.9. The van der Waals surface area contributed by atoms with Gasteiger partial charge in [0.1, 0.15) is 0 Å². The molecule has 0 saturated carbocycles. The average Bonchev–Trinajstić information content (AvgIpc) is 2.40. The fourth-order valence-corrected chi connectivity index (χ4v) is 2.44. The fraction of sp³-hybridized carbons (Fsp3) is 0.538. The molecule has 1 aliphatic rings. The number of hydrogen-bond donors (Lipinski definition) is 2. The number of hydrogen-bond acceptors (Lipinski definition) is 5. The van der Waals surface area contributed by atoms with Crippen molar-refractivity contribution in [3.05, 3.63) is 28.1 Å². The molecule has 2 rings (SSSR count). The van der Waals surface area contributed by atoms with Crippen molar-refractivity contribution in [3.8, 4) is 5.75 Å². The summed E-state index contributed by atoms with van der Waals surface area (Å²) >= 11 is 0. The van der Waals surface area contributed by atoms with Gasteiger partial charge in [0.15, 0.2) is 11.6 Å². The molecule has 0 radical (unpaired) electrons. The van der Waals surface area contributed by atoms with Gasteiger partial charge in [0.25, 0.3) is 0 Å². The van der Waals surface area contributed by atoms with Crippen molar-refractivity contribution in [2.45, 2.75) is 31.8 Å². The molecule has 0 spiro atoms. The normalized spacial score (nSPS) is 22.4. The van der Waals surface area contributed by atoms with E-state index in [0.29, 0.717) is 6.04 Å². The van der Waals surface area contributed by atoms with Crippen molar-refractivity contribution in [1.82, 2.24) is 5.32 Å². The Morgan fingerprint density at radius 3 is 2.90 bits per heavy atom. The Hall–Kier alpha value is -1.89. The lowest BCUT2D eigenvalue weighted by Gasteiger charge is -2.29. The van der Waals surface area contributed by atoms with E-state index in [9.17, 15) is 14.5 Å². The number of nitro groups is 1. The van der Waals surface area contributed by atoms with Gasteiger partial charge in [-0.05, 0) is 26.3 Å². The van der Waals surface area contributed by atoms with E-state index in [0.717, 1.165) is 25.5 Å². The first-order valence-corrected chi connectivity index (χ1v) is 6.53. The second-order valence-corrected chi connectivity index (χ2v) is 4.98. The summed E-state index contributed by atoms with van der Waals surface area (Å²) in [7, 11) is 1.33. The molecule has 2 unspecified atom stereocenters. The summed E-state index contributed by atoms with van der Waals surface area (Å²) < 4.78 is 18.9.